The predicted octanol–water partition coefficient (Wildman–Crippen LogP) is -0.0107. The molecule has 0 spiro atoms. The SMILES string of the molecule is CCCC(O)C(O)CCCC(O)O. The second-order valence-corrected chi connectivity index (χ2v) is 3.33. The van der Waals surface area contributed by atoms with Crippen LogP contribution in [0.5, 0.6) is 0 Å². The lowest BCUT2D eigenvalue weighted by molar-refractivity contribution is -0.0515. The lowest BCUT2D eigenvalue weighted by atomic mass is 10.0. The van der Waals surface area contributed by atoms with Gasteiger partial charge in [-0.2, -0.15) is 0 Å². The van der Waals surface area contributed by atoms with Gasteiger partial charge in [0, 0.05) is 0 Å². The third kappa shape index (κ3) is 6.95. The van der Waals surface area contributed by atoms with E-state index in [2.05, 4.69) is 0 Å². The van der Waals surface area contributed by atoms with Gasteiger partial charge in [0.1, 0.15) is 0 Å². The Bertz CT molecular complexity index is 116. The zero-order valence-corrected chi connectivity index (χ0v) is 8.06. The van der Waals surface area contributed by atoms with Gasteiger partial charge < -0.3 is 20.4 Å². The minimum atomic E-state index is -1.31. The molecule has 0 rings (SSSR count). The van der Waals surface area contributed by atoms with Crippen LogP contribution in [-0.2, 0) is 0 Å². The molecule has 0 saturated heterocycles. The molecule has 0 fully saturated rings. The van der Waals surface area contributed by atoms with Crippen molar-refractivity contribution < 1.29 is 20.4 Å². The van der Waals surface area contributed by atoms with Gasteiger partial charge in [-0.25, -0.2) is 0 Å². The van der Waals surface area contributed by atoms with Crippen molar-refractivity contribution in [2.75, 3.05) is 0 Å². The van der Waals surface area contributed by atoms with E-state index in [-0.39, 0.29) is 6.42 Å². The summed E-state index contributed by atoms with van der Waals surface area (Å²) in [5.74, 6) is 0. The van der Waals surface area contributed by atoms with Gasteiger partial charge in [-0.15, -0.1) is 0 Å². The Morgan fingerprint density at radius 1 is 0.846 bits per heavy atom. The van der Waals surface area contributed by atoms with Crippen LogP contribution in [0.25, 0.3) is 0 Å². The first kappa shape index (κ1) is 12.8. The highest BCUT2D eigenvalue weighted by Gasteiger charge is 2.14. The summed E-state index contributed by atoms with van der Waals surface area (Å²) in [7, 11) is 0. The van der Waals surface area contributed by atoms with Crippen molar-refractivity contribution >= 4 is 0 Å². The molecule has 2 unspecified atom stereocenters. The van der Waals surface area contributed by atoms with E-state index in [4.69, 9.17) is 10.2 Å². The van der Waals surface area contributed by atoms with E-state index in [1.807, 2.05) is 6.92 Å². The Kier molecular flexibility index (Phi) is 7.17. The maximum absolute atomic E-state index is 9.35. The number of hydrogen-bond acceptors (Lipinski definition) is 4. The minimum absolute atomic E-state index is 0.246. The van der Waals surface area contributed by atoms with Crippen LogP contribution in [-0.4, -0.2) is 38.9 Å². The molecule has 0 saturated carbocycles. The second-order valence-electron chi connectivity index (χ2n) is 3.33. The molecule has 0 aliphatic carbocycles. The maximum atomic E-state index is 9.35. The maximum Gasteiger partial charge on any atom is 0.151 e. The van der Waals surface area contributed by atoms with Crippen molar-refractivity contribution in [3.63, 3.8) is 0 Å². The van der Waals surface area contributed by atoms with Crippen LogP contribution in [0.1, 0.15) is 39.0 Å². The average Bonchev–Trinajstić information content (AvgIpc) is 2.04. The largest absolute Gasteiger partial charge is 0.390 e. The van der Waals surface area contributed by atoms with E-state index >= 15 is 0 Å². The summed E-state index contributed by atoms with van der Waals surface area (Å²) in [4.78, 5) is 0. The Morgan fingerprint density at radius 3 is 1.85 bits per heavy atom. The van der Waals surface area contributed by atoms with Gasteiger partial charge >= 0.3 is 0 Å². The number of aliphatic hydroxyl groups excluding tert-OH is 3. The van der Waals surface area contributed by atoms with Gasteiger partial charge in [0.25, 0.3) is 0 Å². The summed E-state index contributed by atoms with van der Waals surface area (Å²) in [6, 6.07) is 0. The highest BCUT2D eigenvalue weighted by molar-refractivity contribution is 4.66. The summed E-state index contributed by atoms with van der Waals surface area (Å²) < 4.78 is 0. The molecule has 0 amide bonds. The van der Waals surface area contributed by atoms with Crippen LogP contribution < -0.4 is 0 Å². The summed E-state index contributed by atoms with van der Waals surface area (Å²) in [6.07, 6.45) is -0.132. The Balaban J connectivity index is 3.43. The van der Waals surface area contributed by atoms with Crippen LogP contribution >= 0.6 is 0 Å². The molecule has 2 atom stereocenters. The van der Waals surface area contributed by atoms with E-state index in [0.29, 0.717) is 19.3 Å². The van der Waals surface area contributed by atoms with Crippen LogP contribution in [0.2, 0.25) is 0 Å². The molecule has 0 aliphatic heterocycles. The minimum Gasteiger partial charge on any atom is -0.390 e. The van der Waals surface area contributed by atoms with Gasteiger partial charge in [0.2, 0.25) is 0 Å². The average molecular weight is 192 g/mol. The fraction of sp³-hybridized carbons (Fsp3) is 1.00. The molecule has 13 heavy (non-hydrogen) atoms. The van der Waals surface area contributed by atoms with E-state index in [9.17, 15) is 10.2 Å². The quantitative estimate of drug-likeness (QED) is 0.428. The molecule has 0 bridgehead atoms. The molecular weight excluding hydrogens is 172 g/mol. The number of hydrogen-bond donors (Lipinski definition) is 4. The molecule has 0 aromatic carbocycles. The number of rotatable bonds is 7. The van der Waals surface area contributed by atoms with Crippen LogP contribution in [0.15, 0.2) is 0 Å². The Labute approximate surface area is 78.8 Å². The third-order valence-corrected chi connectivity index (χ3v) is 1.99. The summed E-state index contributed by atoms with van der Waals surface area (Å²) in [5.41, 5.74) is 0. The summed E-state index contributed by atoms with van der Waals surface area (Å²) in [6.45, 7) is 1.94. The molecule has 4 heteroatoms. The first-order chi connectivity index (χ1) is 6.07. The normalized spacial score (nSPS) is 16.2. The molecule has 4 nitrogen and oxygen atoms in total. The van der Waals surface area contributed by atoms with E-state index < -0.39 is 18.5 Å². The molecule has 0 heterocycles. The van der Waals surface area contributed by atoms with Crippen molar-refractivity contribution in [1.82, 2.24) is 0 Å². The van der Waals surface area contributed by atoms with E-state index in [1.54, 1.807) is 0 Å². The van der Waals surface area contributed by atoms with Crippen LogP contribution in [0, 0.1) is 0 Å². The molecule has 80 valence electrons. The molecule has 0 aromatic heterocycles. The van der Waals surface area contributed by atoms with Gasteiger partial charge in [0.05, 0.1) is 12.2 Å². The number of aliphatic hydroxyl groups is 4. The zero-order valence-electron chi connectivity index (χ0n) is 8.06. The Morgan fingerprint density at radius 2 is 1.38 bits per heavy atom. The highest BCUT2D eigenvalue weighted by atomic mass is 16.5. The van der Waals surface area contributed by atoms with Crippen molar-refractivity contribution in [2.24, 2.45) is 0 Å². The Hall–Kier alpha value is -0.160. The van der Waals surface area contributed by atoms with E-state index in [1.165, 1.54) is 0 Å². The monoisotopic (exact) mass is 192 g/mol. The van der Waals surface area contributed by atoms with Gasteiger partial charge in [-0.1, -0.05) is 13.3 Å². The van der Waals surface area contributed by atoms with Crippen LogP contribution in [0.3, 0.4) is 0 Å². The third-order valence-electron chi connectivity index (χ3n) is 1.99. The smallest absolute Gasteiger partial charge is 0.151 e. The molecule has 0 aromatic rings. The molecule has 0 aliphatic rings. The lowest BCUT2D eigenvalue weighted by Gasteiger charge is -2.16. The standard InChI is InChI=1S/C9H20O4/c1-2-4-7(10)8(11)5-3-6-9(12)13/h7-13H,2-6H2,1H3. The first-order valence-corrected chi connectivity index (χ1v) is 4.80. The lowest BCUT2D eigenvalue weighted by Crippen LogP contribution is -2.25. The van der Waals surface area contributed by atoms with Gasteiger partial charge in [0.15, 0.2) is 6.29 Å². The fourth-order valence-corrected chi connectivity index (χ4v) is 1.19. The predicted molar refractivity (Wildman–Crippen MR) is 49.0 cm³/mol. The molecule has 4 N–H and O–H groups in total. The van der Waals surface area contributed by atoms with Crippen LogP contribution in [0.4, 0.5) is 0 Å². The first-order valence-electron chi connectivity index (χ1n) is 4.80. The zero-order chi connectivity index (χ0) is 10.3. The van der Waals surface area contributed by atoms with Gasteiger partial charge in [-0.3, -0.25) is 0 Å². The van der Waals surface area contributed by atoms with E-state index in [0.717, 1.165) is 6.42 Å². The summed E-state index contributed by atoms with van der Waals surface area (Å²) in [5, 5.41) is 35.7. The highest BCUT2D eigenvalue weighted by Crippen LogP contribution is 2.09. The summed E-state index contributed by atoms with van der Waals surface area (Å²) >= 11 is 0. The van der Waals surface area contributed by atoms with Crippen molar-refractivity contribution in [2.45, 2.75) is 57.5 Å². The van der Waals surface area contributed by atoms with Gasteiger partial charge in [-0.05, 0) is 25.7 Å². The fourth-order valence-electron chi connectivity index (χ4n) is 1.19. The topological polar surface area (TPSA) is 80.9 Å². The van der Waals surface area contributed by atoms with Crippen molar-refractivity contribution in [1.29, 1.82) is 0 Å². The second kappa shape index (κ2) is 7.26. The van der Waals surface area contributed by atoms with Crippen molar-refractivity contribution in [3.05, 3.63) is 0 Å². The molecule has 0 radical (unpaired) electrons. The molecular formula is C9H20O4. The van der Waals surface area contributed by atoms with Crippen molar-refractivity contribution in [3.8, 4) is 0 Å².